The molecular weight excluding hydrogens is 166 g/mol. The minimum absolute atomic E-state index is 0. The van der Waals surface area contributed by atoms with Gasteiger partial charge in [0.1, 0.15) is 0 Å². The van der Waals surface area contributed by atoms with Gasteiger partial charge in [0.15, 0.2) is 0 Å². The largest absolute Gasteiger partial charge is 0.266 e. The SMILES string of the molecule is ClC(Cl)(Cl)Cl.[C]. The smallest absolute Gasteiger partial charge is 0.0664 e. The van der Waals surface area contributed by atoms with Gasteiger partial charge < -0.3 is 0 Å². The van der Waals surface area contributed by atoms with Crippen molar-refractivity contribution in [3.05, 3.63) is 7.43 Å². The van der Waals surface area contributed by atoms with Crippen LogP contribution in [-0.4, -0.2) is 3.25 Å². The van der Waals surface area contributed by atoms with Crippen molar-refractivity contribution < 1.29 is 0 Å². The summed E-state index contributed by atoms with van der Waals surface area (Å²) in [6.07, 6.45) is 0. The number of halogens is 4. The van der Waals surface area contributed by atoms with Gasteiger partial charge >= 0.3 is 0 Å². The maximum Gasteiger partial charge on any atom is 0.266 e. The zero-order valence-corrected chi connectivity index (χ0v) is 5.54. The molecule has 0 saturated heterocycles. The third-order valence-corrected chi connectivity index (χ3v) is 0. The van der Waals surface area contributed by atoms with Crippen LogP contribution < -0.4 is 0 Å². The van der Waals surface area contributed by atoms with Gasteiger partial charge in [-0.15, -0.1) is 0 Å². The van der Waals surface area contributed by atoms with Crippen LogP contribution in [0.3, 0.4) is 0 Å². The van der Waals surface area contributed by atoms with Crippen LogP contribution in [0.25, 0.3) is 0 Å². The van der Waals surface area contributed by atoms with E-state index in [2.05, 4.69) is 0 Å². The second-order valence-corrected chi connectivity index (χ2v) is 3.86. The van der Waals surface area contributed by atoms with Gasteiger partial charge in [0, 0.05) is 7.43 Å². The summed E-state index contributed by atoms with van der Waals surface area (Å²) in [7, 11) is 0. The number of hydrogen-bond donors (Lipinski definition) is 0. The standard InChI is InChI=1S/CCl4.C/c2-1(3,4)5;. The highest BCUT2D eigenvalue weighted by Gasteiger charge is 2.11. The van der Waals surface area contributed by atoms with Crippen molar-refractivity contribution in [1.82, 2.24) is 0 Å². The van der Waals surface area contributed by atoms with E-state index in [4.69, 9.17) is 46.4 Å². The van der Waals surface area contributed by atoms with E-state index < -0.39 is 3.25 Å². The van der Waals surface area contributed by atoms with Gasteiger partial charge in [0.05, 0.1) is 0 Å². The molecule has 0 spiro atoms. The zero-order valence-electron chi connectivity index (χ0n) is 2.51. The van der Waals surface area contributed by atoms with Crippen molar-refractivity contribution in [2.24, 2.45) is 0 Å². The molecule has 0 aromatic heterocycles. The van der Waals surface area contributed by atoms with Crippen LogP contribution >= 0.6 is 46.4 Å². The first-order chi connectivity index (χ1) is 2.00. The number of rotatable bonds is 0. The Hall–Kier alpha value is 1.16. The predicted octanol–water partition coefficient (Wildman–Crippen LogP) is 2.63. The fraction of sp³-hybridized carbons (Fsp3) is 0.500. The summed E-state index contributed by atoms with van der Waals surface area (Å²) in [5.74, 6) is 0. The molecule has 0 aromatic carbocycles. The molecule has 6 heavy (non-hydrogen) atoms. The Bertz CT molecular complexity index is 21.0. The molecule has 0 heterocycles. The van der Waals surface area contributed by atoms with E-state index in [1.165, 1.54) is 0 Å². The third kappa shape index (κ3) is 66.4. The Kier molecular flexibility index (Phi) is 5.44. The maximum atomic E-state index is 4.83. The minimum Gasteiger partial charge on any atom is -0.0664 e. The first-order valence-corrected chi connectivity index (χ1v) is 2.27. The molecule has 0 aliphatic carbocycles. The molecule has 0 fully saturated rings. The highest BCUT2D eigenvalue weighted by molar-refractivity contribution is 6.83. The lowest BCUT2D eigenvalue weighted by atomic mass is 11.8. The van der Waals surface area contributed by atoms with Crippen molar-refractivity contribution in [2.45, 2.75) is 3.25 Å². The van der Waals surface area contributed by atoms with Crippen LogP contribution in [0.5, 0.6) is 0 Å². The van der Waals surface area contributed by atoms with Crippen LogP contribution in [-0.2, 0) is 0 Å². The molecule has 0 nitrogen and oxygen atoms in total. The molecule has 0 saturated carbocycles. The van der Waals surface area contributed by atoms with Crippen LogP contribution in [0.15, 0.2) is 0 Å². The fourth-order valence-corrected chi connectivity index (χ4v) is 0. The second-order valence-electron chi connectivity index (χ2n) is 0.429. The topological polar surface area (TPSA) is 0 Å². The molecular formula is C2Cl4. The molecule has 0 aliphatic rings. The van der Waals surface area contributed by atoms with E-state index in [1.807, 2.05) is 0 Å². The van der Waals surface area contributed by atoms with Gasteiger partial charge in [-0.3, -0.25) is 0 Å². The van der Waals surface area contributed by atoms with Crippen molar-refractivity contribution in [3.63, 3.8) is 0 Å². The summed E-state index contributed by atoms with van der Waals surface area (Å²) in [4.78, 5) is 0. The fourth-order valence-electron chi connectivity index (χ4n) is 0. The van der Waals surface area contributed by atoms with Crippen LogP contribution in [0.4, 0.5) is 0 Å². The molecule has 0 rings (SSSR count). The second kappa shape index (κ2) is 3.20. The molecule has 0 amide bonds. The normalized spacial score (nSPS) is 10.0. The predicted molar refractivity (Wildman–Crippen MR) is 29.4 cm³/mol. The quantitative estimate of drug-likeness (QED) is 0.485. The Morgan fingerprint density at radius 3 is 0.833 bits per heavy atom. The van der Waals surface area contributed by atoms with E-state index in [1.54, 1.807) is 0 Å². The van der Waals surface area contributed by atoms with Crippen LogP contribution in [0, 0.1) is 7.43 Å². The molecule has 0 N–H and O–H groups in total. The summed E-state index contributed by atoms with van der Waals surface area (Å²) in [5.41, 5.74) is 0. The van der Waals surface area contributed by atoms with Gasteiger partial charge in [-0.1, -0.05) is 46.4 Å². The lowest BCUT2D eigenvalue weighted by Gasteiger charge is -1.91. The van der Waals surface area contributed by atoms with Crippen LogP contribution in [0.1, 0.15) is 0 Å². The molecule has 0 bridgehead atoms. The van der Waals surface area contributed by atoms with Crippen molar-refractivity contribution >= 4 is 46.4 Å². The highest BCUT2D eigenvalue weighted by Crippen LogP contribution is 2.29. The van der Waals surface area contributed by atoms with Gasteiger partial charge in [-0.25, -0.2) is 0 Å². The molecule has 4 heteroatoms. The molecule has 0 aliphatic heterocycles. The van der Waals surface area contributed by atoms with E-state index >= 15 is 0 Å². The summed E-state index contributed by atoms with van der Waals surface area (Å²) in [5, 5.41) is 0. The van der Waals surface area contributed by atoms with E-state index in [0.29, 0.717) is 0 Å². The average Bonchev–Trinajstić information content (AvgIpc) is 0.722. The summed E-state index contributed by atoms with van der Waals surface area (Å²) in [6.45, 7) is 0. The molecule has 0 aromatic rings. The number of alkyl halides is 4. The minimum atomic E-state index is -1.61. The average molecular weight is 166 g/mol. The summed E-state index contributed by atoms with van der Waals surface area (Å²) >= 11 is 19.3. The molecule has 0 atom stereocenters. The third-order valence-electron chi connectivity index (χ3n) is 0. The van der Waals surface area contributed by atoms with E-state index in [-0.39, 0.29) is 7.43 Å². The van der Waals surface area contributed by atoms with Crippen molar-refractivity contribution in [1.29, 1.82) is 0 Å². The molecule has 36 valence electrons. The first kappa shape index (κ1) is 10.2. The lowest BCUT2D eigenvalue weighted by Crippen LogP contribution is -1.81. The molecule has 0 unspecified atom stereocenters. The van der Waals surface area contributed by atoms with Crippen LogP contribution in [0.2, 0.25) is 0 Å². The zero-order chi connectivity index (χ0) is 4.50. The van der Waals surface area contributed by atoms with Gasteiger partial charge in [-0.2, -0.15) is 0 Å². The first-order valence-electron chi connectivity index (χ1n) is 0.756. The van der Waals surface area contributed by atoms with Crippen molar-refractivity contribution in [2.75, 3.05) is 0 Å². The Balaban J connectivity index is 0. The van der Waals surface area contributed by atoms with E-state index in [0.717, 1.165) is 0 Å². The van der Waals surface area contributed by atoms with Gasteiger partial charge in [-0.05, 0) is 0 Å². The Morgan fingerprint density at radius 2 is 0.833 bits per heavy atom. The lowest BCUT2D eigenvalue weighted by molar-refractivity contribution is 1.76. The maximum absolute atomic E-state index is 4.83. The Labute approximate surface area is 57.3 Å². The number of hydrogen-bond acceptors (Lipinski definition) is 0. The Morgan fingerprint density at radius 1 is 0.833 bits per heavy atom. The highest BCUT2D eigenvalue weighted by atomic mass is 35.6. The summed E-state index contributed by atoms with van der Waals surface area (Å²) < 4.78 is -1.61. The monoisotopic (exact) mass is 164 g/mol. The van der Waals surface area contributed by atoms with Crippen molar-refractivity contribution in [3.8, 4) is 0 Å². The molecule has 4 radical (unpaired) electrons. The van der Waals surface area contributed by atoms with E-state index in [9.17, 15) is 0 Å². The summed E-state index contributed by atoms with van der Waals surface area (Å²) in [6, 6.07) is 0. The van der Waals surface area contributed by atoms with Gasteiger partial charge in [0.25, 0.3) is 3.25 Å². The van der Waals surface area contributed by atoms with Gasteiger partial charge in [0.2, 0.25) is 0 Å².